The largest absolute Gasteiger partial charge is 0.314 e. The minimum Gasteiger partial charge on any atom is -0.314 e. The highest BCUT2D eigenvalue weighted by Gasteiger charge is 2.20. The minimum atomic E-state index is 0.585. The Kier molecular flexibility index (Phi) is 4.89. The first-order valence-corrected chi connectivity index (χ1v) is 7.32. The highest BCUT2D eigenvalue weighted by molar-refractivity contribution is 8.00. The van der Waals surface area contributed by atoms with Gasteiger partial charge < -0.3 is 10.6 Å². The van der Waals surface area contributed by atoms with E-state index in [-0.39, 0.29) is 0 Å². The van der Waals surface area contributed by atoms with E-state index in [9.17, 15) is 0 Å². The summed E-state index contributed by atoms with van der Waals surface area (Å²) in [6.07, 6.45) is 1.21. The molecule has 0 aliphatic carbocycles. The first-order chi connectivity index (χ1) is 8.25. The van der Waals surface area contributed by atoms with Gasteiger partial charge in [0.2, 0.25) is 0 Å². The topological polar surface area (TPSA) is 24.1 Å². The van der Waals surface area contributed by atoms with Crippen molar-refractivity contribution in [3.63, 3.8) is 0 Å². The summed E-state index contributed by atoms with van der Waals surface area (Å²) in [6.45, 7) is 7.60. The van der Waals surface area contributed by atoms with Crippen molar-refractivity contribution in [3.8, 4) is 0 Å². The van der Waals surface area contributed by atoms with Gasteiger partial charge in [-0.2, -0.15) is 0 Å². The van der Waals surface area contributed by atoms with Crippen LogP contribution in [0, 0.1) is 0 Å². The second-order valence-electron chi connectivity index (χ2n) is 4.86. The zero-order valence-corrected chi connectivity index (χ0v) is 11.5. The van der Waals surface area contributed by atoms with Crippen molar-refractivity contribution < 1.29 is 0 Å². The van der Waals surface area contributed by atoms with Crippen molar-refractivity contribution in [1.82, 2.24) is 10.6 Å². The van der Waals surface area contributed by atoms with E-state index >= 15 is 0 Å². The molecule has 1 atom stereocenters. The second kappa shape index (κ2) is 6.43. The first-order valence-electron chi connectivity index (χ1n) is 6.44. The number of hydrogen-bond acceptors (Lipinski definition) is 3. The summed E-state index contributed by atoms with van der Waals surface area (Å²) < 4.78 is 0. The molecular weight excluding hydrogens is 228 g/mol. The van der Waals surface area contributed by atoms with Crippen molar-refractivity contribution in [2.24, 2.45) is 0 Å². The third kappa shape index (κ3) is 4.02. The Labute approximate surface area is 109 Å². The molecule has 0 spiro atoms. The van der Waals surface area contributed by atoms with Crippen molar-refractivity contribution in [3.05, 3.63) is 29.8 Å². The van der Waals surface area contributed by atoms with Gasteiger partial charge in [0.15, 0.2) is 0 Å². The summed E-state index contributed by atoms with van der Waals surface area (Å²) in [6, 6.07) is 9.35. The molecule has 1 heterocycles. The molecule has 0 saturated heterocycles. The van der Waals surface area contributed by atoms with Crippen LogP contribution in [0.25, 0.3) is 0 Å². The molecule has 2 rings (SSSR count). The van der Waals surface area contributed by atoms with Gasteiger partial charge >= 0.3 is 0 Å². The highest BCUT2D eigenvalue weighted by atomic mass is 32.2. The number of nitrogens with one attached hydrogen (secondary N) is 2. The Morgan fingerprint density at radius 1 is 1.29 bits per heavy atom. The fraction of sp³-hybridized carbons (Fsp3) is 0.571. The van der Waals surface area contributed by atoms with Gasteiger partial charge in [-0.15, -0.1) is 11.8 Å². The molecule has 0 bridgehead atoms. The van der Waals surface area contributed by atoms with Gasteiger partial charge in [0.25, 0.3) is 0 Å². The van der Waals surface area contributed by atoms with Gasteiger partial charge in [0, 0.05) is 35.8 Å². The van der Waals surface area contributed by atoms with Crippen LogP contribution in [0.1, 0.15) is 19.4 Å². The Balaban J connectivity index is 1.63. The van der Waals surface area contributed by atoms with Crippen LogP contribution in [0.4, 0.5) is 0 Å². The molecule has 0 amide bonds. The maximum absolute atomic E-state index is 3.53. The van der Waals surface area contributed by atoms with Gasteiger partial charge in [-0.3, -0.25) is 0 Å². The van der Waals surface area contributed by atoms with Crippen molar-refractivity contribution in [2.45, 2.75) is 36.5 Å². The number of thioether (sulfide) groups is 1. The van der Waals surface area contributed by atoms with E-state index in [1.165, 1.54) is 16.9 Å². The summed E-state index contributed by atoms with van der Waals surface area (Å²) in [5.74, 6) is 0. The van der Waals surface area contributed by atoms with E-state index < -0.39 is 0 Å². The monoisotopic (exact) mass is 250 g/mol. The smallest absolute Gasteiger partial charge is 0.0260 e. The van der Waals surface area contributed by atoms with Crippen LogP contribution in [0.3, 0.4) is 0 Å². The fourth-order valence-corrected chi connectivity index (χ4v) is 3.36. The molecule has 1 aliphatic heterocycles. The van der Waals surface area contributed by atoms with Gasteiger partial charge in [0.05, 0.1) is 0 Å². The summed E-state index contributed by atoms with van der Waals surface area (Å²) in [4.78, 5) is 1.47. The van der Waals surface area contributed by atoms with Crippen LogP contribution >= 0.6 is 11.8 Å². The van der Waals surface area contributed by atoms with Crippen molar-refractivity contribution in [2.75, 3.05) is 19.6 Å². The Morgan fingerprint density at radius 3 is 2.88 bits per heavy atom. The SMILES string of the molecule is CC(C)NCCNCC1Cc2ccccc2S1. The summed E-state index contributed by atoms with van der Waals surface area (Å²) in [5.41, 5.74) is 1.52. The molecule has 2 N–H and O–H groups in total. The van der Waals surface area contributed by atoms with Crippen molar-refractivity contribution in [1.29, 1.82) is 0 Å². The summed E-state index contributed by atoms with van der Waals surface area (Å²) in [7, 11) is 0. The Hall–Kier alpha value is -0.510. The normalized spacial score (nSPS) is 18.6. The molecule has 0 aromatic heterocycles. The fourth-order valence-electron chi connectivity index (χ4n) is 2.08. The molecular formula is C14H22N2S. The Bertz CT molecular complexity index is 327. The third-order valence-electron chi connectivity index (χ3n) is 2.94. The molecule has 0 saturated carbocycles. The van der Waals surface area contributed by atoms with Gasteiger partial charge in [-0.1, -0.05) is 32.0 Å². The lowest BCUT2D eigenvalue weighted by atomic mass is 10.1. The maximum Gasteiger partial charge on any atom is 0.0260 e. The molecule has 1 aromatic rings. The van der Waals surface area contributed by atoms with E-state index in [1.54, 1.807) is 0 Å². The highest BCUT2D eigenvalue weighted by Crippen LogP contribution is 2.36. The van der Waals surface area contributed by atoms with Gasteiger partial charge in [-0.05, 0) is 18.1 Å². The average molecular weight is 250 g/mol. The van der Waals surface area contributed by atoms with Crippen LogP contribution in [-0.4, -0.2) is 30.9 Å². The van der Waals surface area contributed by atoms with Crippen LogP contribution in [0.5, 0.6) is 0 Å². The lowest BCUT2D eigenvalue weighted by Crippen LogP contribution is -2.34. The molecule has 94 valence electrons. The minimum absolute atomic E-state index is 0.585. The third-order valence-corrected chi connectivity index (χ3v) is 4.26. The number of hydrogen-bond donors (Lipinski definition) is 2. The van der Waals surface area contributed by atoms with Gasteiger partial charge in [0.1, 0.15) is 0 Å². The Morgan fingerprint density at radius 2 is 2.12 bits per heavy atom. The van der Waals surface area contributed by atoms with E-state index in [1.807, 2.05) is 11.8 Å². The molecule has 1 unspecified atom stereocenters. The molecule has 0 radical (unpaired) electrons. The second-order valence-corrected chi connectivity index (χ2v) is 6.21. The quantitative estimate of drug-likeness (QED) is 0.758. The zero-order chi connectivity index (χ0) is 12.1. The number of benzene rings is 1. The molecule has 1 aliphatic rings. The van der Waals surface area contributed by atoms with Crippen LogP contribution in [-0.2, 0) is 6.42 Å². The van der Waals surface area contributed by atoms with E-state index in [2.05, 4.69) is 48.7 Å². The van der Waals surface area contributed by atoms with E-state index in [4.69, 9.17) is 0 Å². The van der Waals surface area contributed by atoms with Gasteiger partial charge in [-0.25, -0.2) is 0 Å². The molecule has 17 heavy (non-hydrogen) atoms. The summed E-state index contributed by atoms with van der Waals surface area (Å²) in [5, 5.41) is 7.67. The predicted octanol–water partition coefficient (Wildman–Crippen LogP) is 2.29. The average Bonchev–Trinajstić information content (AvgIpc) is 2.70. The predicted molar refractivity (Wildman–Crippen MR) is 75.8 cm³/mol. The molecule has 2 nitrogen and oxygen atoms in total. The van der Waals surface area contributed by atoms with E-state index in [0.717, 1.165) is 19.6 Å². The summed E-state index contributed by atoms with van der Waals surface area (Å²) >= 11 is 2.02. The lowest BCUT2D eigenvalue weighted by Gasteiger charge is -2.11. The lowest BCUT2D eigenvalue weighted by molar-refractivity contribution is 0.553. The van der Waals surface area contributed by atoms with Crippen LogP contribution in [0.15, 0.2) is 29.2 Å². The standard InChI is InChI=1S/C14H22N2S/c1-11(2)16-8-7-15-10-13-9-12-5-3-4-6-14(12)17-13/h3-6,11,13,15-16H,7-10H2,1-2H3. The molecule has 1 aromatic carbocycles. The zero-order valence-electron chi connectivity index (χ0n) is 10.7. The van der Waals surface area contributed by atoms with E-state index in [0.29, 0.717) is 11.3 Å². The molecule has 0 fully saturated rings. The number of rotatable bonds is 6. The van der Waals surface area contributed by atoms with Crippen molar-refractivity contribution >= 4 is 11.8 Å². The number of fused-ring (bicyclic) bond motifs is 1. The maximum atomic E-state index is 3.53. The van der Waals surface area contributed by atoms with Crippen LogP contribution in [0.2, 0.25) is 0 Å². The molecule has 3 heteroatoms. The first kappa shape index (κ1) is 12.9. The van der Waals surface area contributed by atoms with Crippen LogP contribution < -0.4 is 10.6 Å².